The van der Waals surface area contributed by atoms with Gasteiger partial charge in [0.1, 0.15) is 17.5 Å². The summed E-state index contributed by atoms with van der Waals surface area (Å²) in [6, 6.07) is 13.3. The van der Waals surface area contributed by atoms with E-state index in [2.05, 4.69) is 11.9 Å². The fourth-order valence-corrected chi connectivity index (χ4v) is 2.30. The molecule has 0 aliphatic rings. The van der Waals surface area contributed by atoms with Crippen molar-refractivity contribution in [3.05, 3.63) is 66.1 Å². The van der Waals surface area contributed by atoms with Crippen molar-refractivity contribution in [1.29, 1.82) is 0 Å². The number of hydrogen-bond donors (Lipinski definition) is 1. The molecule has 3 rings (SSSR count). The maximum absolute atomic E-state index is 10.6. The van der Waals surface area contributed by atoms with Gasteiger partial charge in [0.2, 0.25) is 0 Å². The Bertz CT molecular complexity index is 703. The fourth-order valence-electron chi connectivity index (χ4n) is 2.30. The molecule has 108 valence electrons. The number of aromatic nitrogens is 2. The van der Waals surface area contributed by atoms with Crippen LogP contribution < -0.4 is 4.74 Å². The summed E-state index contributed by atoms with van der Waals surface area (Å²) in [5, 5.41) is 10.6. The van der Waals surface area contributed by atoms with Crippen molar-refractivity contribution >= 4 is 5.65 Å². The van der Waals surface area contributed by atoms with Gasteiger partial charge in [0.15, 0.2) is 0 Å². The Kier molecular flexibility index (Phi) is 3.88. The molecule has 0 amide bonds. The molecule has 0 bridgehead atoms. The molecule has 0 radical (unpaired) electrons. The molecule has 3 aromatic rings. The average molecular weight is 282 g/mol. The van der Waals surface area contributed by atoms with Gasteiger partial charge in [0.05, 0.1) is 12.3 Å². The first-order valence-corrected chi connectivity index (χ1v) is 7.13. The number of hydrogen-bond acceptors (Lipinski definition) is 3. The van der Waals surface area contributed by atoms with Crippen molar-refractivity contribution < 1.29 is 9.84 Å². The minimum Gasteiger partial charge on any atom is -0.493 e. The van der Waals surface area contributed by atoms with Crippen molar-refractivity contribution in [1.82, 2.24) is 9.38 Å². The summed E-state index contributed by atoms with van der Waals surface area (Å²) in [4.78, 5) is 4.47. The first kappa shape index (κ1) is 13.6. The monoisotopic (exact) mass is 282 g/mol. The van der Waals surface area contributed by atoms with Gasteiger partial charge >= 0.3 is 0 Å². The van der Waals surface area contributed by atoms with Crippen LogP contribution >= 0.6 is 0 Å². The van der Waals surface area contributed by atoms with E-state index in [0.29, 0.717) is 18.1 Å². The molecule has 4 nitrogen and oxygen atoms in total. The van der Waals surface area contributed by atoms with Crippen LogP contribution in [0.5, 0.6) is 5.75 Å². The predicted octanol–water partition coefficient (Wildman–Crippen LogP) is 3.20. The van der Waals surface area contributed by atoms with E-state index in [9.17, 15) is 5.11 Å². The maximum atomic E-state index is 10.6. The first-order valence-electron chi connectivity index (χ1n) is 7.13. The minimum absolute atomic E-state index is 0.619. The molecule has 1 N–H and O–H groups in total. The number of pyridine rings is 1. The third-order valence-electron chi connectivity index (χ3n) is 3.34. The number of aliphatic hydroxyl groups is 1. The largest absolute Gasteiger partial charge is 0.493 e. The van der Waals surface area contributed by atoms with E-state index in [-0.39, 0.29) is 0 Å². The van der Waals surface area contributed by atoms with Gasteiger partial charge in [-0.15, -0.1) is 0 Å². The van der Waals surface area contributed by atoms with Crippen molar-refractivity contribution in [3.8, 4) is 5.75 Å². The summed E-state index contributed by atoms with van der Waals surface area (Å²) < 4.78 is 7.61. The van der Waals surface area contributed by atoms with Gasteiger partial charge in [-0.2, -0.15) is 0 Å². The SMILES string of the molecule is CCCOc1ccccc1C(O)c1cn2ccccc2n1. The molecule has 2 heterocycles. The lowest BCUT2D eigenvalue weighted by Crippen LogP contribution is -2.05. The van der Waals surface area contributed by atoms with Gasteiger partial charge in [0.25, 0.3) is 0 Å². The molecule has 0 saturated heterocycles. The van der Waals surface area contributed by atoms with Gasteiger partial charge in [-0.05, 0) is 24.6 Å². The Morgan fingerprint density at radius 2 is 2.00 bits per heavy atom. The molecular formula is C17H18N2O2. The van der Waals surface area contributed by atoms with Gasteiger partial charge in [-0.3, -0.25) is 0 Å². The van der Waals surface area contributed by atoms with Crippen LogP contribution in [-0.4, -0.2) is 21.1 Å². The van der Waals surface area contributed by atoms with Crippen molar-refractivity contribution in [2.45, 2.75) is 19.4 Å². The number of benzene rings is 1. The van der Waals surface area contributed by atoms with Crippen LogP contribution in [0.2, 0.25) is 0 Å². The van der Waals surface area contributed by atoms with Crippen molar-refractivity contribution in [3.63, 3.8) is 0 Å². The predicted molar refractivity (Wildman–Crippen MR) is 81.5 cm³/mol. The summed E-state index contributed by atoms with van der Waals surface area (Å²) in [5.41, 5.74) is 2.18. The maximum Gasteiger partial charge on any atom is 0.137 e. The smallest absolute Gasteiger partial charge is 0.137 e. The van der Waals surface area contributed by atoms with Gasteiger partial charge in [0, 0.05) is 18.0 Å². The second kappa shape index (κ2) is 5.97. The van der Waals surface area contributed by atoms with Crippen molar-refractivity contribution in [2.75, 3.05) is 6.61 Å². The zero-order valence-electron chi connectivity index (χ0n) is 11.9. The third kappa shape index (κ3) is 2.76. The van der Waals surface area contributed by atoms with E-state index in [1.165, 1.54) is 0 Å². The lowest BCUT2D eigenvalue weighted by molar-refractivity contribution is 0.206. The number of para-hydroxylation sites is 1. The second-order valence-corrected chi connectivity index (χ2v) is 4.92. The highest BCUT2D eigenvalue weighted by molar-refractivity contribution is 5.44. The highest BCUT2D eigenvalue weighted by Gasteiger charge is 2.18. The average Bonchev–Trinajstić information content (AvgIpc) is 2.96. The molecule has 21 heavy (non-hydrogen) atoms. The quantitative estimate of drug-likeness (QED) is 0.781. The van der Waals surface area contributed by atoms with Crippen LogP contribution in [0.1, 0.15) is 30.7 Å². The molecule has 1 atom stereocenters. The zero-order valence-corrected chi connectivity index (χ0v) is 11.9. The Balaban J connectivity index is 1.95. The van der Waals surface area contributed by atoms with E-state index in [1.807, 2.05) is 59.3 Å². The van der Waals surface area contributed by atoms with Crippen LogP contribution in [-0.2, 0) is 0 Å². The first-order chi connectivity index (χ1) is 10.3. The Labute approximate surface area is 123 Å². The molecule has 0 aliphatic heterocycles. The number of nitrogens with zero attached hydrogens (tertiary/aromatic N) is 2. The van der Waals surface area contributed by atoms with Crippen LogP contribution in [0.15, 0.2) is 54.9 Å². The lowest BCUT2D eigenvalue weighted by atomic mass is 10.1. The summed E-state index contributed by atoms with van der Waals surface area (Å²) in [5.74, 6) is 0.712. The molecule has 1 unspecified atom stereocenters. The number of rotatable bonds is 5. The van der Waals surface area contributed by atoms with Crippen LogP contribution in [0, 0.1) is 0 Å². The van der Waals surface area contributed by atoms with E-state index in [4.69, 9.17) is 4.74 Å². The van der Waals surface area contributed by atoms with Gasteiger partial charge in [-0.1, -0.05) is 31.2 Å². The van der Waals surface area contributed by atoms with Gasteiger partial charge < -0.3 is 14.2 Å². The Morgan fingerprint density at radius 1 is 1.19 bits per heavy atom. The van der Waals surface area contributed by atoms with Crippen LogP contribution in [0.3, 0.4) is 0 Å². The molecule has 2 aromatic heterocycles. The number of ether oxygens (including phenoxy) is 1. The molecule has 0 aliphatic carbocycles. The molecule has 1 aromatic carbocycles. The highest BCUT2D eigenvalue weighted by Crippen LogP contribution is 2.29. The normalized spacial score (nSPS) is 12.5. The zero-order chi connectivity index (χ0) is 14.7. The minimum atomic E-state index is -0.794. The van der Waals surface area contributed by atoms with E-state index in [0.717, 1.165) is 17.6 Å². The summed E-state index contributed by atoms with van der Waals surface area (Å²) in [6.45, 7) is 2.69. The van der Waals surface area contributed by atoms with E-state index >= 15 is 0 Å². The Morgan fingerprint density at radius 3 is 2.81 bits per heavy atom. The molecule has 0 fully saturated rings. The van der Waals surface area contributed by atoms with Crippen LogP contribution in [0.4, 0.5) is 0 Å². The van der Waals surface area contributed by atoms with Crippen LogP contribution in [0.25, 0.3) is 5.65 Å². The third-order valence-corrected chi connectivity index (χ3v) is 3.34. The highest BCUT2D eigenvalue weighted by atomic mass is 16.5. The number of imidazole rings is 1. The fraction of sp³-hybridized carbons (Fsp3) is 0.235. The Hall–Kier alpha value is -2.33. The van der Waals surface area contributed by atoms with E-state index in [1.54, 1.807) is 0 Å². The summed E-state index contributed by atoms with van der Waals surface area (Å²) in [7, 11) is 0. The molecule has 0 saturated carbocycles. The molecule has 0 spiro atoms. The topological polar surface area (TPSA) is 46.8 Å². The lowest BCUT2D eigenvalue weighted by Gasteiger charge is -2.14. The standard InChI is InChI=1S/C17H18N2O2/c1-2-11-21-15-8-4-3-7-13(15)17(20)14-12-19-10-6-5-9-16(19)18-14/h3-10,12,17,20H,2,11H2,1H3. The van der Waals surface area contributed by atoms with E-state index < -0.39 is 6.10 Å². The molecule has 4 heteroatoms. The summed E-state index contributed by atoms with van der Waals surface area (Å²) >= 11 is 0. The molecular weight excluding hydrogens is 264 g/mol. The number of aliphatic hydroxyl groups excluding tert-OH is 1. The van der Waals surface area contributed by atoms with Gasteiger partial charge in [-0.25, -0.2) is 4.98 Å². The summed E-state index contributed by atoms with van der Waals surface area (Å²) in [6.07, 6.45) is 3.89. The second-order valence-electron chi connectivity index (χ2n) is 4.92. The number of fused-ring (bicyclic) bond motifs is 1. The van der Waals surface area contributed by atoms with Crippen molar-refractivity contribution in [2.24, 2.45) is 0 Å².